The summed E-state index contributed by atoms with van der Waals surface area (Å²) in [5.74, 6) is 2.50. The summed E-state index contributed by atoms with van der Waals surface area (Å²) in [4.78, 5) is 4.48. The number of likely N-dealkylation sites (N-methyl/N-ethyl adjacent to an activating group) is 1. The highest BCUT2D eigenvalue weighted by molar-refractivity contribution is 5.21. The molecule has 0 amide bonds. The van der Waals surface area contributed by atoms with E-state index in [1.54, 1.807) is 0 Å². The first kappa shape index (κ1) is 14.3. The molecule has 0 bridgehead atoms. The van der Waals surface area contributed by atoms with Crippen molar-refractivity contribution in [1.29, 1.82) is 0 Å². The van der Waals surface area contributed by atoms with Crippen LogP contribution in [0.2, 0.25) is 0 Å². The van der Waals surface area contributed by atoms with Crippen LogP contribution in [0.25, 0.3) is 0 Å². The van der Waals surface area contributed by atoms with E-state index < -0.39 is 0 Å². The fourth-order valence-corrected chi connectivity index (χ4v) is 3.63. The minimum absolute atomic E-state index is 0.384. The van der Waals surface area contributed by atoms with Gasteiger partial charge < -0.3 is 5.32 Å². The van der Waals surface area contributed by atoms with Gasteiger partial charge in [0.15, 0.2) is 0 Å². The molecule has 0 radical (unpaired) electrons. The Balaban J connectivity index is 1.87. The minimum Gasteiger partial charge on any atom is -0.315 e. The average Bonchev–Trinajstić information content (AvgIpc) is 2.86. The molecule has 0 saturated heterocycles. The van der Waals surface area contributed by atoms with Crippen molar-refractivity contribution in [2.45, 2.75) is 51.1 Å². The van der Waals surface area contributed by atoms with Crippen molar-refractivity contribution in [3.05, 3.63) is 47.5 Å². The third-order valence-corrected chi connectivity index (χ3v) is 4.68. The van der Waals surface area contributed by atoms with Crippen LogP contribution in [0.3, 0.4) is 0 Å². The van der Waals surface area contributed by atoms with E-state index in [2.05, 4.69) is 64.4 Å². The Hall–Kier alpha value is -1.68. The van der Waals surface area contributed by atoms with E-state index in [4.69, 9.17) is 0 Å². The van der Waals surface area contributed by atoms with Gasteiger partial charge in [-0.15, -0.1) is 0 Å². The number of rotatable bonds is 3. The molecule has 3 unspecified atom stereocenters. The van der Waals surface area contributed by atoms with E-state index in [-0.39, 0.29) is 0 Å². The summed E-state index contributed by atoms with van der Waals surface area (Å²) >= 11 is 0. The molecular weight excluding hydrogens is 260 g/mol. The SMILES string of the molecule is CNC1CCC(c2ccccc2)CC1n1nc(C)nc1C. The molecule has 1 aromatic heterocycles. The highest BCUT2D eigenvalue weighted by Crippen LogP contribution is 2.38. The summed E-state index contributed by atoms with van der Waals surface area (Å²) in [7, 11) is 2.06. The monoisotopic (exact) mass is 284 g/mol. The van der Waals surface area contributed by atoms with Gasteiger partial charge in [-0.1, -0.05) is 30.3 Å². The zero-order valence-electron chi connectivity index (χ0n) is 13.1. The molecule has 112 valence electrons. The third-order valence-electron chi connectivity index (χ3n) is 4.68. The Kier molecular flexibility index (Phi) is 4.06. The van der Waals surface area contributed by atoms with E-state index >= 15 is 0 Å². The first-order valence-corrected chi connectivity index (χ1v) is 7.81. The van der Waals surface area contributed by atoms with Gasteiger partial charge in [-0.3, -0.25) is 0 Å². The number of hydrogen-bond donors (Lipinski definition) is 1. The molecule has 4 heteroatoms. The van der Waals surface area contributed by atoms with E-state index in [1.807, 2.05) is 6.92 Å². The summed E-state index contributed by atoms with van der Waals surface area (Å²) in [5, 5.41) is 8.10. The molecular formula is C17H24N4. The first-order chi connectivity index (χ1) is 10.2. The summed E-state index contributed by atoms with van der Waals surface area (Å²) in [6, 6.07) is 11.7. The van der Waals surface area contributed by atoms with Crippen molar-refractivity contribution in [2.75, 3.05) is 7.05 Å². The predicted octanol–water partition coefficient (Wildman–Crippen LogP) is 2.99. The first-order valence-electron chi connectivity index (χ1n) is 7.81. The summed E-state index contributed by atoms with van der Waals surface area (Å²) in [6.45, 7) is 4.02. The second-order valence-corrected chi connectivity index (χ2v) is 6.03. The van der Waals surface area contributed by atoms with Crippen LogP contribution in [0, 0.1) is 13.8 Å². The van der Waals surface area contributed by atoms with Gasteiger partial charge in [-0.2, -0.15) is 5.10 Å². The van der Waals surface area contributed by atoms with E-state index in [0.717, 1.165) is 18.1 Å². The van der Waals surface area contributed by atoms with Crippen LogP contribution < -0.4 is 5.32 Å². The van der Waals surface area contributed by atoms with Crippen molar-refractivity contribution in [2.24, 2.45) is 0 Å². The average molecular weight is 284 g/mol. The molecule has 3 atom stereocenters. The Labute approximate surface area is 126 Å². The fraction of sp³-hybridized carbons (Fsp3) is 0.529. The topological polar surface area (TPSA) is 42.7 Å². The largest absolute Gasteiger partial charge is 0.315 e. The second-order valence-electron chi connectivity index (χ2n) is 6.03. The summed E-state index contributed by atoms with van der Waals surface area (Å²) < 4.78 is 2.13. The van der Waals surface area contributed by atoms with Gasteiger partial charge in [0, 0.05) is 6.04 Å². The van der Waals surface area contributed by atoms with Crippen molar-refractivity contribution in [3.8, 4) is 0 Å². The maximum atomic E-state index is 4.63. The van der Waals surface area contributed by atoms with Gasteiger partial charge in [0.1, 0.15) is 11.6 Å². The van der Waals surface area contributed by atoms with Crippen molar-refractivity contribution in [1.82, 2.24) is 20.1 Å². The van der Waals surface area contributed by atoms with Crippen LogP contribution in [-0.2, 0) is 0 Å². The second kappa shape index (κ2) is 5.98. The lowest BCUT2D eigenvalue weighted by Gasteiger charge is -2.36. The molecule has 1 aliphatic carbocycles. The molecule has 2 aromatic rings. The van der Waals surface area contributed by atoms with E-state index in [1.165, 1.54) is 18.4 Å². The maximum absolute atomic E-state index is 4.63. The lowest BCUT2D eigenvalue weighted by Crippen LogP contribution is -2.40. The van der Waals surface area contributed by atoms with Crippen LogP contribution in [-0.4, -0.2) is 27.9 Å². The molecule has 3 rings (SSSR count). The summed E-state index contributed by atoms with van der Waals surface area (Å²) in [5.41, 5.74) is 1.45. The van der Waals surface area contributed by atoms with Crippen LogP contribution in [0.5, 0.6) is 0 Å². The Bertz CT molecular complexity index is 590. The predicted molar refractivity (Wildman–Crippen MR) is 84.4 cm³/mol. The van der Waals surface area contributed by atoms with Crippen LogP contribution >= 0.6 is 0 Å². The molecule has 1 fully saturated rings. The van der Waals surface area contributed by atoms with Gasteiger partial charge in [0.05, 0.1) is 6.04 Å². The van der Waals surface area contributed by atoms with E-state index in [9.17, 15) is 0 Å². The fourth-order valence-electron chi connectivity index (χ4n) is 3.63. The maximum Gasteiger partial charge on any atom is 0.147 e. The van der Waals surface area contributed by atoms with Gasteiger partial charge in [0.25, 0.3) is 0 Å². The van der Waals surface area contributed by atoms with Crippen molar-refractivity contribution < 1.29 is 0 Å². The number of aromatic nitrogens is 3. The molecule has 21 heavy (non-hydrogen) atoms. The molecule has 1 saturated carbocycles. The number of benzene rings is 1. The Morgan fingerprint density at radius 2 is 1.90 bits per heavy atom. The molecule has 0 spiro atoms. The molecule has 1 heterocycles. The molecule has 0 aliphatic heterocycles. The molecule has 1 N–H and O–H groups in total. The quantitative estimate of drug-likeness (QED) is 0.942. The van der Waals surface area contributed by atoms with Gasteiger partial charge >= 0.3 is 0 Å². The smallest absolute Gasteiger partial charge is 0.147 e. The lowest BCUT2D eigenvalue weighted by molar-refractivity contribution is 0.232. The number of hydrogen-bond acceptors (Lipinski definition) is 3. The molecule has 1 aromatic carbocycles. The zero-order chi connectivity index (χ0) is 14.8. The van der Waals surface area contributed by atoms with Crippen LogP contribution in [0.1, 0.15) is 48.4 Å². The lowest BCUT2D eigenvalue weighted by atomic mass is 9.78. The normalized spacial score (nSPS) is 26.0. The number of nitrogens with zero attached hydrogens (tertiary/aromatic N) is 3. The van der Waals surface area contributed by atoms with Crippen molar-refractivity contribution >= 4 is 0 Å². The highest BCUT2D eigenvalue weighted by atomic mass is 15.4. The van der Waals surface area contributed by atoms with Gasteiger partial charge in [-0.25, -0.2) is 9.67 Å². The van der Waals surface area contributed by atoms with E-state index in [0.29, 0.717) is 18.0 Å². The molecule has 4 nitrogen and oxygen atoms in total. The Morgan fingerprint density at radius 1 is 1.14 bits per heavy atom. The van der Waals surface area contributed by atoms with Crippen LogP contribution in [0.15, 0.2) is 30.3 Å². The molecule has 1 aliphatic rings. The number of aryl methyl sites for hydroxylation is 2. The Morgan fingerprint density at radius 3 is 2.52 bits per heavy atom. The number of nitrogens with one attached hydrogen (secondary N) is 1. The highest BCUT2D eigenvalue weighted by Gasteiger charge is 2.33. The standard InChI is InChI=1S/C17H24N4/c1-12-19-13(2)21(20-12)17-11-15(9-10-16(17)18-3)14-7-5-4-6-8-14/h4-8,15-18H,9-11H2,1-3H3. The third kappa shape index (κ3) is 2.86. The van der Waals surface area contributed by atoms with Gasteiger partial charge in [-0.05, 0) is 51.6 Å². The summed E-state index contributed by atoms with van der Waals surface area (Å²) in [6.07, 6.45) is 3.54. The zero-order valence-corrected chi connectivity index (χ0v) is 13.1. The van der Waals surface area contributed by atoms with Crippen molar-refractivity contribution in [3.63, 3.8) is 0 Å². The van der Waals surface area contributed by atoms with Gasteiger partial charge in [0.2, 0.25) is 0 Å². The van der Waals surface area contributed by atoms with Crippen LogP contribution in [0.4, 0.5) is 0 Å². The minimum atomic E-state index is 0.384.